The minimum Gasteiger partial charge on any atom is -0.387 e. The van der Waals surface area contributed by atoms with E-state index in [1.807, 2.05) is 6.92 Å². The van der Waals surface area contributed by atoms with Crippen molar-refractivity contribution in [2.45, 2.75) is 19.6 Å². The van der Waals surface area contributed by atoms with Crippen molar-refractivity contribution in [1.29, 1.82) is 0 Å². The Morgan fingerprint density at radius 3 is 2.38 bits per heavy atom. The first-order valence-corrected chi connectivity index (χ1v) is 7.54. The number of aryl methyl sites for hydroxylation is 2. The highest BCUT2D eigenvalue weighted by Crippen LogP contribution is 2.23. The fraction of sp³-hybridized carbons (Fsp3) is 0.357. The predicted molar refractivity (Wildman–Crippen MR) is 86.1 cm³/mol. The van der Waals surface area contributed by atoms with Gasteiger partial charge in [0.15, 0.2) is 0 Å². The Morgan fingerprint density at radius 2 is 1.86 bits per heavy atom. The summed E-state index contributed by atoms with van der Waals surface area (Å²) >= 11 is 18.0. The lowest BCUT2D eigenvalue weighted by atomic mass is 10.1. The maximum absolute atomic E-state index is 10.2. The van der Waals surface area contributed by atoms with Crippen LogP contribution in [0.25, 0.3) is 0 Å². The average molecular weight is 349 g/mol. The van der Waals surface area contributed by atoms with Crippen LogP contribution in [0.3, 0.4) is 0 Å². The zero-order chi connectivity index (χ0) is 15.6. The molecular weight excluding hydrogens is 333 g/mol. The second-order valence-corrected chi connectivity index (χ2v) is 6.06. The van der Waals surface area contributed by atoms with Crippen LogP contribution in [0.1, 0.15) is 22.9 Å². The molecule has 0 fully saturated rings. The molecule has 4 nitrogen and oxygen atoms in total. The van der Waals surface area contributed by atoms with Gasteiger partial charge >= 0.3 is 0 Å². The SMILES string of the molecule is Cc1nn(C)c(Cl)c1CNCC(O)c1cc(Cl)cc(Cl)c1. The van der Waals surface area contributed by atoms with Crippen molar-refractivity contribution in [3.8, 4) is 0 Å². The summed E-state index contributed by atoms with van der Waals surface area (Å²) in [6.07, 6.45) is -0.697. The first kappa shape index (κ1) is 16.6. The number of nitrogens with one attached hydrogen (secondary N) is 1. The molecule has 1 unspecified atom stereocenters. The van der Waals surface area contributed by atoms with Crippen LogP contribution in [0.15, 0.2) is 18.2 Å². The topological polar surface area (TPSA) is 50.1 Å². The van der Waals surface area contributed by atoms with Crippen LogP contribution in [0.4, 0.5) is 0 Å². The van der Waals surface area contributed by atoms with Gasteiger partial charge < -0.3 is 10.4 Å². The summed E-state index contributed by atoms with van der Waals surface area (Å²) in [5.74, 6) is 0. The van der Waals surface area contributed by atoms with E-state index < -0.39 is 6.10 Å². The molecule has 114 valence electrons. The largest absolute Gasteiger partial charge is 0.387 e. The van der Waals surface area contributed by atoms with Gasteiger partial charge in [-0.25, -0.2) is 0 Å². The molecular formula is C14H16Cl3N3O. The molecule has 2 aromatic rings. The molecule has 0 radical (unpaired) electrons. The van der Waals surface area contributed by atoms with Gasteiger partial charge in [-0.1, -0.05) is 34.8 Å². The lowest BCUT2D eigenvalue weighted by molar-refractivity contribution is 0.174. The molecule has 1 aromatic heterocycles. The zero-order valence-corrected chi connectivity index (χ0v) is 14.0. The normalized spacial score (nSPS) is 12.7. The number of aromatic nitrogens is 2. The Balaban J connectivity index is 1.96. The van der Waals surface area contributed by atoms with Gasteiger partial charge in [-0.2, -0.15) is 5.10 Å². The Kier molecular flexibility index (Phi) is 5.52. The highest BCUT2D eigenvalue weighted by atomic mass is 35.5. The minimum absolute atomic E-state index is 0.362. The molecule has 0 bridgehead atoms. The number of rotatable bonds is 5. The summed E-state index contributed by atoms with van der Waals surface area (Å²) in [5, 5.41) is 19.2. The highest BCUT2D eigenvalue weighted by Gasteiger charge is 2.13. The lowest BCUT2D eigenvalue weighted by Crippen LogP contribution is -2.21. The van der Waals surface area contributed by atoms with Gasteiger partial charge in [-0.15, -0.1) is 0 Å². The van der Waals surface area contributed by atoms with Crippen molar-refractivity contribution < 1.29 is 5.11 Å². The third kappa shape index (κ3) is 4.11. The maximum atomic E-state index is 10.2. The van der Waals surface area contributed by atoms with E-state index in [-0.39, 0.29) is 0 Å². The maximum Gasteiger partial charge on any atom is 0.131 e. The molecule has 2 N–H and O–H groups in total. The Hall–Kier alpha value is -0.780. The van der Waals surface area contributed by atoms with Crippen LogP contribution < -0.4 is 5.32 Å². The van der Waals surface area contributed by atoms with E-state index in [0.29, 0.717) is 33.9 Å². The molecule has 0 aliphatic rings. The third-order valence-electron chi connectivity index (χ3n) is 3.18. The van der Waals surface area contributed by atoms with Crippen molar-refractivity contribution in [3.63, 3.8) is 0 Å². The van der Waals surface area contributed by atoms with Gasteiger partial charge in [0.25, 0.3) is 0 Å². The van der Waals surface area contributed by atoms with E-state index in [0.717, 1.165) is 11.3 Å². The summed E-state index contributed by atoms with van der Waals surface area (Å²) in [4.78, 5) is 0. The first-order valence-electron chi connectivity index (χ1n) is 6.41. The third-order valence-corrected chi connectivity index (χ3v) is 4.09. The minimum atomic E-state index is -0.697. The summed E-state index contributed by atoms with van der Waals surface area (Å²) < 4.78 is 1.63. The number of benzene rings is 1. The van der Waals surface area contributed by atoms with Crippen LogP contribution in [-0.4, -0.2) is 21.4 Å². The number of nitrogens with zero attached hydrogens (tertiary/aromatic N) is 2. The van der Waals surface area contributed by atoms with E-state index in [1.165, 1.54) is 0 Å². The van der Waals surface area contributed by atoms with E-state index >= 15 is 0 Å². The van der Waals surface area contributed by atoms with Crippen molar-refractivity contribution in [1.82, 2.24) is 15.1 Å². The highest BCUT2D eigenvalue weighted by molar-refractivity contribution is 6.34. The van der Waals surface area contributed by atoms with Crippen LogP contribution in [0, 0.1) is 6.92 Å². The van der Waals surface area contributed by atoms with Crippen molar-refractivity contribution >= 4 is 34.8 Å². The standard InChI is InChI=1S/C14H16Cl3N3O/c1-8-12(14(17)20(2)19-8)6-18-7-13(21)9-3-10(15)5-11(16)4-9/h3-5,13,18,21H,6-7H2,1-2H3. The van der Waals surface area contributed by atoms with E-state index in [9.17, 15) is 5.11 Å². The Bertz CT molecular complexity index is 622. The molecule has 2 rings (SSSR count). The molecule has 0 aliphatic heterocycles. The number of hydrogen-bond acceptors (Lipinski definition) is 3. The second-order valence-electron chi connectivity index (χ2n) is 4.83. The van der Waals surface area contributed by atoms with Crippen molar-refractivity contribution in [3.05, 3.63) is 50.2 Å². The van der Waals surface area contributed by atoms with Crippen LogP contribution in [0.2, 0.25) is 15.2 Å². The molecule has 1 aromatic carbocycles. The van der Waals surface area contributed by atoms with Crippen LogP contribution >= 0.6 is 34.8 Å². The number of aliphatic hydroxyl groups is 1. The lowest BCUT2D eigenvalue weighted by Gasteiger charge is -2.13. The van der Waals surface area contributed by atoms with Gasteiger partial charge in [0.1, 0.15) is 5.15 Å². The predicted octanol–water partition coefficient (Wildman–Crippen LogP) is 3.51. The van der Waals surface area contributed by atoms with Gasteiger partial charge in [-0.3, -0.25) is 4.68 Å². The summed E-state index contributed by atoms with van der Waals surface area (Å²) in [6.45, 7) is 2.79. The van der Waals surface area contributed by atoms with E-state index in [2.05, 4.69) is 10.4 Å². The summed E-state index contributed by atoms with van der Waals surface area (Å²) in [6, 6.07) is 5.02. The average Bonchev–Trinajstić information content (AvgIpc) is 2.63. The summed E-state index contributed by atoms with van der Waals surface area (Å²) in [5.41, 5.74) is 2.47. The molecule has 0 spiro atoms. The fourth-order valence-electron chi connectivity index (χ4n) is 2.09. The van der Waals surface area contributed by atoms with E-state index in [1.54, 1.807) is 29.9 Å². The van der Waals surface area contributed by atoms with Crippen molar-refractivity contribution in [2.75, 3.05) is 6.54 Å². The molecule has 0 saturated carbocycles. The molecule has 7 heteroatoms. The Morgan fingerprint density at radius 1 is 1.24 bits per heavy atom. The quantitative estimate of drug-likeness (QED) is 0.869. The van der Waals surface area contributed by atoms with Crippen LogP contribution in [0.5, 0.6) is 0 Å². The number of hydrogen-bond donors (Lipinski definition) is 2. The van der Waals surface area contributed by atoms with Crippen molar-refractivity contribution in [2.24, 2.45) is 7.05 Å². The van der Waals surface area contributed by atoms with Crippen LogP contribution in [-0.2, 0) is 13.6 Å². The Labute approximate surface area is 138 Å². The smallest absolute Gasteiger partial charge is 0.131 e. The first-order chi connectivity index (χ1) is 9.88. The molecule has 1 heterocycles. The van der Waals surface area contributed by atoms with Gasteiger partial charge in [0.2, 0.25) is 0 Å². The number of aliphatic hydroxyl groups excluding tert-OH is 1. The number of halogens is 3. The molecule has 21 heavy (non-hydrogen) atoms. The monoisotopic (exact) mass is 347 g/mol. The summed E-state index contributed by atoms with van der Waals surface area (Å²) in [7, 11) is 1.79. The van der Waals surface area contributed by atoms with Gasteiger partial charge in [-0.05, 0) is 30.7 Å². The molecule has 0 amide bonds. The molecule has 0 saturated heterocycles. The van der Waals surface area contributed by atoms with Gasteiger partial charge in [0, 0.05) is 35.7 Å². The fourth-order valence-corrected chi connectivity index (χ4v) is 2.88. The zero-order valence-electron chi connectivity index (χ0n) is 11.7. The second kappa shape index (κ2) is 6.99. The molecule has 1 atom stereocenters. The van der Waals surface area contributed by atoms with E-state index in [4.69, 9.17) is 34.8 Å². The van der Waals surface area contributed by atoms with Gasteiger partial charge in [0.05, 0.1) is 11.8 Å². The molecule has 0 aliphatic carbocycles.